The molecule has 0 saturated carbocycles. The zero-order valence-corrected chi connectivity index (χ0v) is 15.2. The van der Waals surface area contributed by atoms with Crippen LogP contribution in [-0.4, -0.2) is 16.7 Å². The summed E-state index contributed by atoms with van der Waals surface area (Å²) in [7, 11) is 0. The largest absolute Gasteiger partial charge is 0.443 e. The van der Waals surface area contributed by atoms with Crippen molar-refractivity contribution in [3.05, 3.63) is 98.8 Å². The number of aryl methyl sites for hydroxylation is 2. The molecular weight excluding hydrogens is 362 g/mol. The number of Topliss-reactive ketones (excluding diaryl/α,β-unsaturated/α-hetero) is 1. The van der Waals surface area contributed by atoms with Crippen molar-refractivity contribution in [2.24, 2.45) is 0 Å². The topological polar surface area (TPSA) is 99.7 Å². The van der Waals surface area contributed by atoms with Gasteiger partial charge in [-0.15, -0.1) is 0 Å². The summed E-state index contributed by atoms with van der Waals surface area (Å²) in [5, 5.41) is 10.7. The van der Waals surface area contributed by atoms with Gasteiger partial charge in [-0.25, -0.2) is 4.79 Å². The van der Waals surface area contributed by atoms with Crippen molar-refractivity contribution >= 4 is 17.6 Å². The van der Waals surface area contributed by atoms with Gasteiger partial charge in [-0.1, -0.05) is 59.7 Å². The van der Waals surface area contributed by atoms with E-state index in [1.54, 1.807) is 48.5 Å². The first-order chi connectivity index (χ1) is 13.3. The predicted molar refractivity (Wildman–Crippen MR) is 100 cm³/mol. The molecule has 1 aromatic heterocycles. The second-order valence-electron chi connectivity index (χ2n) is 6.32. The normalized spacial score (nSPS) is 11.6. The van der Waals surface area contributed by atoms with Gasteiger partial charge in [0.2, 0.25) is 11.5 Å². The van der Waals surface area contributed by atoms with Crippen LogP contribution in [-0.2, 0) is 4.74 Å². The molecule has 0 radical (unpaired) electrons. The lowest BCUT2D eigenvalue weighted by molar-refractivity contribution is -0.402. The number of nitrogens with zero attached hydrogens (tertiary/aromatic N) is 1. The van der Waals surface area contributed by atoms with Gasteiger partial charge in [0.1, 0.15) is 4.92 Å². The van der Waals surface area contributed by atoms with E-state index in [-0.39, 0.29) is 5.76 Å². The molecule has 2 aromatic carbocycles. The summed E-state index contributed by atoms with van der Waals surface area (Å²) in [6.45, 7) is 3.80. The summed E-state index contributed by atoms with van der Waals surface area (Å²) in [6.07, 6.45) is -1.21. The molecular formula is C21H17NO6. The standard InChI is InChI=1S/C21H17NO6/c1-13-3-7-15(8-4-13)19(23)20(16-9-5-14(2)6-10-16)28-21(24)17-11-12-18(27-17)22(25)26/h3-12,20H,1-2H3. The molecule has 0 aliphatic rings. The van der Waals surface area contributed by atoms with Gasteiger partial charge in [0.15, 0.2) is 6.10 Å². The van der Waals surface area contributed by atoms with Gasteiger partial charge in [-0.3, -0.25) is 14.9 Å². The van der Waals surface area contributed by atoms with Gasteiger partial charge in [-0.05, 0) is 19.9 Å². The van der Waals surface area contributed by atoms with E-state index in [2.05, 4.69) is 0 Å². The van der Waals surface area contributed by atoms with Crippen LogP contribution in [0.4, 0.5) is 5.88 Å². The minimum Gasteiger partial charge on any atom is -0.443 e. The van der Waals surface area contributed by atoms with Crippen LogP contribution in [0, 0.1) is 24.0 Å². The molecule has 3 aromatic rings. The number of nitro groups is 1. The Kier molecular flexibility index (Phi) is 5.35. The number of carbonyl (C=O) groups excluding carboxylic acids is 2. The van der Waals surface area contributed by atoms with E-state index < -0.39 is 28.7 Å². The lowest BCUT2D eigenvalue weighted by atomic mass is 9.98. The molecule has 1 atom stereocenters. The molecule has 0 spiro atoms. The van der Waals surface area contributed by atoms with Crippen molar-refractivity contribution in [3.63, 3.8) is 0 Å². The number of furan rings is 1. The third-order valence-electron chi connectivity index (χ3n) is 4.15. The van der Waals surface area contributed by atoms with Crippen LogP contribution in [0.15, 0.2) is 65.1 Å². The maximum Gasteiger partial charge on any atom is 0.433 e. The number of esters is 1. The molecule has 0 N–H and O–H groups in total. The van der Waals surface area contributed by atoms with E-state index in [0.717, 1.165) is 23.3 Å². The Morgan fingerprint density at radius 2 is 1.50 bits per heavy atom. The molecule has 1 heterocycles. The van der Waals surface area contributed by atoms with Crippen LogP contribution < -0.4 is 0 Å². The number of benzene rings is 2. The smallest absolute Gasteiger partial charge is 0.433 e. The average molecular weight is 379 g/mol. The van der Waals surface area contributed by atoms with Gasteiger partial charge in [0, 0.05) is 11.1 Å². The zero-order chi connectivity index (χ0) is 20.3. The van der Waals surface area contributed by atoms with E-state index in [9.17, 15) is 19.7 Å². The highest BCUT2D eigenvalue weighted by Crippen LogP contribution is 2.26. The minimum atomic E-state index is -1.21. The highest BCUT2D eigenvalue weighted by atomic mass is 16.7. The second-order valence-corrected chi connectivity index (χ2v) is 6.32. The van der Waals surface area contributed by atoms with Crippen molar-refractivity contribution in [2.45, 2.75) is 20.0 Å². The van der Waals surface area contributed by atoms with E-state index in [0.29, 0.717) is 11.1 Å². The predicted octanol–water partition coefficient (Wildman–Crippen LogP) is 4.59. The molecule has 0 fully saturated rings. The maximum absolute atomic E-state index is 13.0. The first kappa shape index (κ1) is 19.0. The third kappa shape index (κ3) is 4.15. The number of carbonyl (C=O) groups is 2. The van der Waals surface area contributed by atoms with E-state index in [1.165, 1.54) is 0 Å². The first-order valence-corrected chi connectivity index (χ1v) is 8.48. The highest BCUT2D eigenvalue weighted by molar-refractivity contribution is 6.01. The van der Waals surface area contributed by atoms with Crippen LogP contribution in [0.3, 0.4) is 0 Å². The summed E-state index contributed by atoms with van der Waals surface area (Å²) < 4.78 is 10.3. The number of hydrogen-bond acceptors (Lipinski definition) is 6. The Bertz CT molecular complexity index is 1020. The van der Waals surface area contributed by atoms with Crippen molar-refractivity contribution in [3.8, 4) is 0 Å². The van der Waals surface area contributed by atoms with Gasteiger partial charge in [0.05, 0.1) is 6.07 Å². The monoisotopic (exact) mass is 379 g/mol. The molecule has 0 aliphatic heterocycles. The zero-order valence-electron chi connectivity index (χ0n) is 15.2. The van der Waals surface area contributed by atoms with Crippen molar-refractivity contribution in [2.75, 3.05) is 0 Å². The third-order valence-corrected chi connectivity index (χ3v) is 4.15. The summed E-state index contributed by atoms with van der Waals surface area (Å²) in [4.78, 5) is 35.4. The van der Waals surface area contributed by atoms with Crippen LogP contribution in [0.1, 0.15) is 43.7 Å². The summed E-state index contributed by atoms with van der Waals surface area (Å²) in [5.74, 6) is -2.29. The molecule has 28 heavy (non-hydrogen) atoms. The molecule has 1 unspecified atom stereocenters. The second kappa shape index (κ2) is 7.87. The molecule has 3 rings (SSSR count). The molecule has 142 valence electrons. The summed E-state index contributed by atoms with van der Waals surface area (Å²) in [6, 6.07) is 16.1. The first-order valence-electron chi connectivity index (χ1n) is 8.48. The maximum atomic E-state index is 13.0. The molecule has 0 aliphatic carbocycles. The number of ether oxygens (including phenoxy) is 1. The van der Waals surface area contributed by atoms with Crippen molar-refractivity contribution < 1.29 is 23.7 Å². The van der Waals surface area contributed by atoms with E-state index >= 15 is 0 Å². The molecule has 7 nitrogen and oxygen atoms in total. The average Bonchev–Trinajstić information content (AvgIpc) is 3.18. The van der Waals surface area contributed by atoms with Crippen LogP contribution >= 0.6 is 0 Å². The van der Waals surface area contributed by atoms with Gasteiger partial charge in [-0.2, -0.15) is 0 Å². The Morgan fingerprint density at radius 3 is 2.04 bits per heavy atom. The lowest BCUT2D eigenvalue weighted by Crippen LogP contribution is -2.20. The molecule has 0 saturated heterocycles. The van der Waals surface area contributed by atoms with Crippen LogP contribution in [0.2, 0.25) is 0 Å². The summed E-state index contributed by atoms with van der Waals surface area (Å²) in [5.41, 5.74) is 2.85. The van der Waals surface area contributed by atoms with Crippen molar-refractivity contribution in [1.82, 2.24) is 0 Å². The molecule has 7 heteroatoms. The number of rotatable bonds is 6. The van der Waals surface area contributed by atoms with Gasteiger partial charge >= 0.3 is 11.9 Å². The fourth-order valence-corrected chi connectivity index (χ4v) is 2.58. The number of hydrogen-bond donors (Lipinski definition) is 0. The van der Waals surface area contributed by atoms with Crippen molar-refractivity contribution in [1.29, 1.82) is 0 Å². The SMILES string of the molecule is Cc1ccc(C(=O)C(OC(=O)c2ccc([N+](=O)[O-])o2)c2ccc(C)cc2)cc1. The summed E-state index contributed by atoms with van der Waals surface area (Å²) >= 11 is 0. The highest BCUT2D eigenvalue weighted by Gasteiger charge is 2.29. The Balaban J connectivity index is 1.92. The quantitative estimate of drug-likeness (QED) is 0.269. The number of ketones is 1. The fourth-order valence-electron chi connectivity index (χ4n) is 2.58. The fraction of sp³-hybridized carbons (Fsp3) is 0.143. The Hall–Kier alpha value is -3.74. The van der Waals surface area contributed by atoms with Gasteiger partial charge < -0.3 is 9.15 Å². The molecule has 0 amide bonds. The Morgan fingerprint density at radius 1 is 0.929 bits per heavy atom. The Labute approximate surface area is 160 Å². The van der Waals surface area contributed by atoms with Crippen LogP contribution in [0.25, 0.3) is 0 Å². The minimum absolute atomic E-state index is 0.347. The lowest BCUT2D eigenvalue weighted by Gasteiger charge is -2.17. The van der Waals surface area contributed by atoms with E-state index in [1.807, 2.05) is 13.8 Å². The van der Waals surface area contributed by atoms with E-state index in [4.69, 9.17) is 9.15 Å². The van der Waals surface area contributed by atoms with Gasteiger partial charge in [0.25, 0.3) is 0 Å². The molecule has 0 bridgehead atoms. The van der Waals surface area contributed by atoms with Crippen LogP contribution in [0.5, 0.6) is 0 Å².